The molecule has 0 amide bonds. The lowest BCUT2D eigenvalue weighted by Crippen LogP contribution is -2.44. The van der Waals surface area contributed by atoms with Crippen molar-refractivity contribution < 1.29 is 4.74 Å². The van der Waals surface area contributed by atoms with E-state index in [2.05, 4.69) is 16.4 Å². The molecule has 1 fully saturated rings. The summed E-state index contributed by atoms with van der Waals surface area (Å²) in [6.45, 7) is 0.939. The molecule has 0 bridgehead atoms. The van der Waals surface area contributed by atoms with E-state index in [4.69, 9.17) is 4.74 Å². The second-order valence-corrected chi connectivity index (χ2v) is 3.60. The van der Waals surface area contributed by atoms with Crippen LogP contribution in [0.5, 0.6) is 0 Å². The van der Waals surface area contributed by atoms with Gasteiger partial charge in [-0.15, -0.1) is 0 Å². The number of ether oxygens (including phenoxy) is 1. The molecule has 1 aliphatic carbocycles. The zero-order valence-electron chi connectivity index (χ0n) is 7.92. The molecule has 3 nitrogen and oxygen atoms in total. The van der Waals surface area contributed by atoms with Crippen LogP contribution in [0.3, 0.4) is 0 Å². The van der Waals surface area contributed by atoms with Gasteiger partial charge in [0.05, 0.1) is 6.10 Å². The second kappa shape index (κ2) is 3.94. The van der Waals surface area contributed by atoms with Gasteiger partial charge in [0.25, 0.3) is 0 Å². The standard InChI is InChI=1S/C10H16N2O/c1-13-10-5-9(6-10)12-7-8-3-2-4-11-8/h2-4,9-12H,5-7H2,1H3. The predicted molar refractivity (Wildman–Crippen MR) is 51.5 cm³/mol. The van der Waals surface area contributed by atoms with Crippen molar-refractivity contribution in [1.29, 1.82) is 0 Å². The van der Waals surface area contributed by atoms with E-state index in [1.165, 1.54) is 5.69 Å². The van der Waals surface area contributed by atoms with Crippen LogP contribution in [-0.4, -0.2) is 24.2 Å². The lowest BCUT2D eigenvalue weighted by atomic mass is 9.89. The molecule has 0 atom stereocenters. The van der Waals surface area contributed by atoms with Crippen LogP contribution < -0.4 is 5.32 Å². The first kappa shape index (κ1) is 8.78. The van der Waals surface area contributed by atoms with Gasteiger partial charge >= 0.3 is 0 Å². The molecule has 1 heterocycles. The van der Waals surface area contributed by atoms with E-state index in [1.54, 1.807) is 7.11 Å². The Hall–Kier alpha value is -0.800. The molecule has 0 spiro atoms. The van der Waals surface area contributed by atoms with Crippen LogP contribution in [-0.2, 0) is 11.3 Å². The van der Waals surface area contributed by atoms with Crippen molar-refractivity contribution in [3.63, 3.8) is 0 Å². The monoisotopic (exact) mass is 180 g/mol. The summed E-state index contributed by atoms with van der Waals surface area (Å²) in [5.74, 6) is 0. The van der Waals surface area contributed by atoms with E-state index in [0.29, 0.717) is 12.1 Å². The Morgan fingerprint density at radius 3 is 3.08 bits per heavy atom. The molecule has 72 valence electrons. The summed E-state index contributed by atoms with van der Waals surface area (Å²) in [6.07, 6.45) is 4.74. The van der Waals surface area contributed by atoms with Crippen molar-refractivity contribution in [2.75, 3.05) is 7.11 Å². The zero-order chi connectivity index (χ0) is 9.10. The predicted octanol–water partition coefficient (Wildman–Crippen LogP) is 1.28. The third-order valence-electron chi connectivity index (χ3n) is 2.67. The van der Waals surface area contributed by atoms with Gasteiger partial charge in [-0.25, -0.2) is 0 Å². The van der Waals surface area contributed by atoms with Gasteiger partial charge in [-0.3, -0.25) is 0 Å². The molecule has 13 heavy (non-hydrogen) atoms. The molecule has 0 radical (unpaired) electrons. The summed E-state index contributed by atoms with van der Waals surface area (Å²) in [7, 11) is 1.78. The number of rotatable bonds is 4. The number of H-pyrrole nitrogens is 1. The van der Waals surface area contributed by atoms with Gasteiger partial charge in [-0.2, -0.15) is 0 Å². The van der Waals surface area contributed by atoms with E-state index in [1.807, 2.05) is 12.3 Å². The van der Waals surface area contributed by atoms with Crippen LogP contribution in [0.25, 0.3) is 0 Å². The molecule has 1 saturated carbocycles. The van der Waals surface area contributed by atoms with Gasteiger partial charge in [-0.05, 0) is 25.0 Å². The third kappa shape index (κ3) is 2.11. The average molecular weight is 180 g/mol. The Kier molecular flexibility index (Phi) is 2.66. The SMILES string of the molecule is COC1CC(NCc2ccc[nH]2)C1. The molecular formula is C10H16N2O. The Labute approximate surface area is 78.5 Å². The number of hydrogen-bond donors (Lipinski definition) is 2. The Morgan fingerprint density at radius 1 is 1.62 bits per heavy atom. The molecule has 2 N–H and O–H groups in total. The molecule has 2 rings (SSSR count). The fourth-order valence-electron chi connectivity index (χ4n) is 1.66. The van der Waals surface area contributed by atoms with Crippen LogP contribution >= 0.6 is 0 Å². The summed E-state index contributed by atoms with van der Waals surface area (Å²) >= 11 is 0. The Morgan fingerprint density at radius 2 is 2.46 bits per heavy atom. The molecule has 0 unspecified atom stereocenters. The van der Waals surface area contributed by atoms with Crippen LogP contribution in [0.15, 0.2) is 18.3 Å². The van der Waals surface area contributed by atoms with Crippen LogP contribution in [0.2, 0.25) is 0 Å². The molecule has 1 aliphatic rings. The lowest BCUT2D eigenvalue weighted by molar-refractivity contribution is 0.0169. The molecule has 0 saturated heterocycles. The minimum atomic E-state index is 0.487. The number of aromatic amines is 1. The topological polar surface area (TPSA) is 37.0 Å². The maximum absolute atomic E-state index is 5.21. The zero-order valence-corrected chi connectivity index (χ0v) is 7.92. The molecule has 0 aliphatic heterocycles. The van der Waals surface area contributed by atoms with Gasteiger partial charge in [0.15, 0.2) is 0 Å². The van der Waals surface area contributed by atoms with E-state index in [-0.39, 0.29) is 0 Å². The van der Waals surface area contributed by atoms with E-state index >= 15 is 0 Å². The van der Waals surface area contributed by atoms with Gasteiger partial charge in [-0.1, -0.05) is 0 Å². The summed E-state index contributed by atoms with van der Waals surface area (Å²) in [5, 5.41) is 3.47. The fourth-order valence-corrected chi connectivity index (χ4v) is 1.66. The van der Waals surface area contributed by atoms with Gasteiger partial charge in [0.1, 0.15) is 0 Å². The fraction of sp³-hybridized carbons (Fsp3) is 0.600. The maximum Gasteiger partial charge on any atom is 0.0601 e. The van der Waals surface area contributed by atoms with E-state index in [9.17, 15) is 0 Å². The first-order valence-electron chi connectivity index (χ1n) is 4.77. The average Bonchev–Trinajstić information content (AvgIpc) is 2.54. The van der Waals surface area contributed by atoms with E-state index in [0.717, 1.165) is 19.4 Å². The second-order valence-electron chi connectivity index (χ2n) is 3.60. The van der Waals surface area contributed by atoms with Crippen molar-refractivity contribution in [3.05, 3.63) is 24.0 Å². The van der Waals surface area contributed by atoms with E-state index < -0.39 is 0 Å². The molecular weight excluding hydrogens is 164 g/mol. The smallest absolute Gasteiger partial charge is 0.0601 e. The Balaban J connectivity index is 1.65. The highest BCUT2D eigenvalue weighted by Crippen LogP contribution is 2.22. The summed E-state index contributed by atoms with van der Waals surface area (Å²) in [4.78, 5) is 3.17. The normalized spacial score (nSPS) is 27.2. The Bertz CT molecular complexity index is 239. The largest absolute Gasteiger partial charge is 0.381 e. The quantitative estimate of drug-likeness (QED) is 0.732. The number of hydrogen-bond acceptors (Lipinski definition) is 2. The van der Waals surface area contributed by atoms with Gasteiger partial charge in [0, 0.05) is 31.6 Å². The first-order chi connectivity index (χ1) is 6.38. The molecule has 1 aromatic heterocycles. The molecule has 3 heteroatoms. The minimum Gasteiger partial charge on any atom is -0.381 e. The maximum atomic E-state index is 5.21. The third-order valence-corrected chi connectivity index (χ3v) is 2.67. The summed E-state index contributed by atoms with van der Waals surface area (Å²) in [6, 6.07) is 4.77. The highest BCUT2D eigenvalue weighted by atomic mass is 16.5. The van der Waals surface area contributed by atoms with Gasteiger partial charge < -0.3 is 15.0 Å². The highest BCUT2D eigenvalue weighted by molar-refractivity contribution is 5.03. The van der Waals surface area contributed by atoms with Gasteiger partial charge in [0.2, 0.25) is 0 Å². The van der Waals surface area contributed by atoms with Crippen molar-refractivity contribution in [1.82, 2.24) is 10.3 Å². The molecule has 1 aromatic rings. The molecule has 0 aromatic carbocycles. The first-order valence-corrected chi connectivity index (χ1v) is 4.77. The summed E-state index contributed by atoms with van der Waals surface area (Å²) < 4.78 is 5.21. The number of nitrogens with one attached hydrogen (secondary N) is 2. The summed E-state index contributed by atoms with van der Waals surface area (Å²) in [5.41, 5.74) is 1.25. The number of methoxy groups -OCH3 is 1. The van der Waals surface area contributed by atoms with Crippen LogP contribution in [0, 0.1) is 0 Å². The minimum absolute atomic E-state index is 0.487. The lowest BCUT2D eigenvalue weighted by Gasteiger charge is -2.34. The van der Waals surface area contributed by atoms with Crippen LogP contribution in [0.4, 0.5) is 0 Å². The highest BCUT2D eigenvalue weighted by Gasteiger charge is 2.28. The van der Waals surface area contributed by atoms with Crippen molar-refractivity contribution in [2.24, 2.45) is 0 Å². The van der Waals surface area contributed by atoms with Crippen LogP contribution in [0.1, 0.15) is 18.5 Å². The van der Waals surface area contributed by atoms with Crippen molar-refractivity contribution in [2.45, 2.75) is 31.5 Å². The number of aromatic nitrogens is 1. The van der Waals surface area contributed by atoms with Crippen molar-refractivity contribution in [3.8, 4) is 0 Å². The van der Waals surface area contributed by atoms with Crippen molar-refractivity contribution >= 4 is 0 Å².